The molecule has 0 spiro atoms. The topological polar surface area (TPSA) is 81.2 Å². The minimum atomic E-state index is -0.507. The van der Waals surface area contributed by atoms with E-state index in [0.29, 0.717) is 20.7 Å². The number of thiophene rings is 1. The van der Waals surface area contributed by atoms with Crippen molar-refractivity contribution in [1.29, 1.82) is 0 Å². The van der Waals surface area contributed by atoms with Crippen LogP contribution in [-0.2, 0) is 18.4 Å². The lowest BCUT2D eigenvalue weighted by molar-refractivity contribution is 0.0478. The molecular weight excluding hydrogens is 316 g/mol. The lowest BCUT2D eigenvalue weighted by Gasteiger charge is -2.03. The molecule has 6 nitrogen and oxygen atoms in total. The number of rotatable bonds is 3. The maximum atomic E-state index is 12.3. The molecule has 0 unspecified atom stereocenters. The van der Waals surface area contributed by atoms with E-state index in [1.165, 1.54) is 7.05 Å². The van der Waals surface area contributed by atoms with E-state index in [9.17, 15) is 14.4 Å². The lowest BCUT2D eigenvalue weighted by atomic mass is 10.2. The van der Waals surface area contributed by atoms with Crippen molar-refractivity contribution in [3.8, 4) is 0 Å². The minimum absolute atomic E-state index is 0.155. The van der Waals surface area contributed by atoms with E-state index in [0.717, 1.165) is 21.5 Å². The van der Waals surface area contributed by atoms with Crippen LogP contribution in [0.15, 0.2) is 39.9 Å². The van der Waals surface area contributed by atoms with Crippen LogP contribution in [0, 0.1) is 6.92 Å². The molecule has 3 rings (SSSR count). The van der Waals surface area contributed by atoms with E-state index in [-0.39, 0.29) is 6.61 Å². The summed E-state index contributed by atoms with van der Waals surface area (Å²) in [6, 6.07) is 9.33. The van der Waals surface area contributed by atoms with Crippen LogP contribution in [0.4, 0.5) is 0 Å². The van der Waals surface area contributed by atoms with Gasteiger partial charge in [0.1, 0.15) is 16.3 Å². The van der Waals surface area contributed by atoms with E-state index >= 15 is 0 Å². The Morgan fingerprint density at radius 2 is 1.96 bits per heavy atom. The van der Waals surface area contributed by atoms with Crippen LogP contribution in [0.1, 0.15) is 20.8 Å². The van der Waals surface area contributed by atoms with Gasteiger partial charge in [0.05, 0.1) is 5.39 Å². The number of carbonyl (C=O) groups is 1. The minimum Gasteiger partial charge on any atom is -0.457 e. The average molecular weight is 330 g/mol. The standard InChI is InChI=1S/C16H14N2O4S/c1-9-11-13(17-16(21)18(2)14(11)19)23-12(9)15(20)22-8-10-6-4-3-5-7-10/h3-7H,8H2,1-2H3,(H,17,21). The Kier molecular flexibility index (Phi) is 3.87. The van der Waals surface area contributed by atoms with Gasteiger partial charge in [-0.15, -0.1) is 11.3 Å². The van der Waals surface area contributed by atoms with E-state index in [1.54, 1.807) is 6.92 Å². The molecule has 0 saturated carbocycles. The second-order valence-corrected chi connectivity index (χ2v) is 6.14. The van der Waals surface area contributed by atoms with Gasteiger partial charge in [0, 0.05) is 7.05 Å². The summed E-state index contributed by atoms with van der Waals surface area (Å²) in [7, 11) is 1.39. The van der Waals surface area contributed by atoms with Crippen molar-refractivity contribution < 1.29 is 9.53 Å². The smallest absolute Gasteiger partial charge is 0.349 e. The third-order valence-corrected chi connectivity index (χ3v) is 4.78. The fraction of sp³-hybridized carbons (Fsp3) is 0.188. The molecule has 0 fully saturated rings. The third kappa shape index (κ3) is 2.70. The summed E-state index contributed by atoms with van der Waals surface area (Å²) in [6.45, 7) is 1.83. The lowest BCUT2D eigenvalue weighted by Crippen LogP contribution is -2.32. The molecule has 0 bridgehead atoms. The molecule has 2 heterocycles. The first-order valence-corrected chi connectivity index (χ1v) is 7.74. The molecule has 1 aromatic carbocycles. The Bertz CT molecular complexity index is 999. The number of aryl methyl sites for hydroxylation is 1. The average Bonchev–Trinajstić information content (AvgIpc) is 2.88. The van der Waals surface area contributed by atoms with Crippen LogP contribution in [0.3, 0.4) is 0 Å². The van der Waals surface area contributed by atoms with Crippen LogP contribution in [0.2, 0.25) is 0 Å². The summed E-state index contributed by atoms with van der Waals surface area (Å²) in [5, 5.41) is 0.351. The first-order chi connectivity index (χ1) is 11.0. The SMILES string of the molecule is Cc1c(C(=O)OCc2ccccc2)sc2[nH]c(=O)n(C)c(=O)c12. The highest BCUT2D eigenvalue weighted by molar-refractivity contribution is 7.20. The third-order valence-electron chi connectivity index (χ3n) is 3.59. The maximum absolute atomic E-state index is 12.3. The second-order valence-electron chi connectivity index (χ2n) is 5.12. The van der Waals surface area contributed by atoms with Gasteiger partial charge in [0.2, 0.25) is 0 Å². The number of benzene rings is 1. The molecule has 0 atom stereocenters. The normalized spacial score (nSPS) is 10.9. The van der Waals surface area contributed by atoms with E-state index in [2.05, 4.69) is 4.98 Å². The van der Waals surface area contributed by atoms with Crippen molar-refractivity contribution in [1.82, 2.24) is 9.55 Å². The summed E-state index contributed by atoms with van der Waals surface area (Å²) < 4.78 is 6.28. The zero-order valence-electron chi connectivity index (χ0n) is 12.6. The number of carbonyl (C=O) groups excluding carboxylic acids is 1. The van der Waals surface area contributed by atoms with Crippen LogP contribution >= 0.6 is 11.3 Å². The summed E-state index contributed by atoms with van der Waals surface area (Å²) >= 11 is 1.06. The molecule has 0 saturated heterocycles. The van der Waals surface area contributed by atoms with Gasteiger partial charge >= 0.3 is 11.7 Å². The molecule has 7 heteroatoms. The van der Waals surface area contributed by atoms with Gasteiger partial charge in [-0.3, -0.25) is 14.3 Å². The van der Waals surface area contributed by atoms with Gasteiger partial charge < -0.3 is 4.74 Å². The van der Waals surface area contributed by atoms with E-state index < -0.39 is 17.2 Å². The second kappa shape index (κ2) is 5.85. The monoisotopic (exact) mass is 330 g/mol. The van der Waals surface area contributed by atoms with Crippen LogP contribution < -0.4 is 11.2 Å². The Labute approximate surface area is 135 Å². The number of esters is 1. The Balaban J connectivity index is 1.95. The quantitative estimate of drug-likeness (QED) is 0.744. The van der Waals surface area contributed by atoms with Gasteiger partial charge in [-0.05, 0) is 18.1 Å². The number of nitrogens with zero attached hydrogens (tertiary/aromatic N) is 1. The fourth-order valence-corrected chi connectivity index (χ4v) is 3.37. The number of ether oxygens (including phenoxy) is 1. The molecule has 118 valence electrons. The summed E-state index contributed by atoms with van der Waals surface area (Å²) in [5.74, 6) is -0.504. The molecule has 0 aliphatic rings. The molecule has 23 heavy (non-hydrogen) atoms. The van der Waals surface area contributed by atoms with Crippen molar-refractivity contribution in [3.05, 3.63) is 67.2 Å². The number of nitrogens with one attached hydrogen (secondary N) is 1. The van der Waals surface area contributed by atoms with Crippen molar-refractivity contribution in [3.63, 3.8) is 0 Å². The zero-order chi connectivity index (χ0) is 16.6. The van der Waals surface area contributed by atoms with Crippen molar-refractivity contribution in [2.75, 3.05) is 0 Å². The number of hydrogen-bond acceptors (Lipinski definition) is 5. The van der Waals surface area contributed by atoms with Gasteiger partial charge in [-0.1, -0.05) is 30.3 Å². The number of H-pyrrole nitrogens is 1. The molecule has 0 amide bonds. The molecule has 2 aromatic heterocycles. The van der Waals surface area contributed by atoms with Crippen molar-refractivity contribution >= 4 is 27.5 Å². The number of hydrogen-bond donors (Lipinski definition) is 1. The first-order valence-electron chi connectivity index (χ1n) is 6.92. The largest absolute Gasteiger partial charge is 0.457 e. The van der Waals surface area contributed by atoms with Crippen molar-refractivity contribution in [2.45, 2.75) is 13.5 Å². The molecule has 0 radical (unpaired) electrons. The van der Waals surface area contributed by atoms with Gasteiger partial charge in [-0.2, -0.15) is 0 Å². The molecular formula is C16H14N2O4S. The highest BCUT2D eigenvalue weighted by Gasteiger charge is 2.20. The van der Waals surface area contributed by atoms with E-state index in [1.807, 2.05) is 30.3 Å². The van der Waals surface area contributed by atoms with Crippen LogP contribution in [0.5, 0.6) is 0 Å². The maximum Gasteiger partial charge on any atom is 0.349 e. The Hall–Kier alpha value is -2.67. The number of aromatic amines is 1. The predicted octanol–water partition coefficient (Wildman–Crippen LogP) is 1.95. The van der Waals surface area contributed by atoms with Crippen LogP contribution in [-0.4, -0.2) is 15.5 Å². The summed E-state index contributed by atoms with van der Waals surface area (Å²) in [4.78, 5) is 39.4. The summed E-state index contributed by atoms with van der Waals surface area (Å²) in [6.07, 6.45) is 0. The fourth-order valence-electron chi connectivity index (χ4n) is 2.28. The Morgan fingerprint density at radius 3 is 2.65 bits per heavy atom. The van der Waals surface area contributed by atoms with E-state index in [4.69, 9.17) is 4.74 Å². The van der Waals surface area contributed by atoms with Crippen molar-refractivity contribution in [2.24, 2.45) is 7.05 Å². The summed E-state index contributed by atoms with van der Waals surface area (Å²) in [5.41, 5.74) is 0.483. The zero-order valence-corrected chi connectivity index (χ0v) is 13.4. The Morgan fingerprint density at radius 1 is 1.26 bits per heavy atom. The van der Waals surface area contributed by atoms with Crippen LogP contribution in [0.25, 0.3) is 10.2 Å². The predicted molar refractivity (Wildman–Crippen MR) is 88.0 cm³/mol. The highest BCUT2D eigenvalue weighted by atomic mass is 32.1. The number of fused-ring (bicyclic) bond motifs is 1. The molecule has 0 aliphatic heterocycles. The highest BCUT2D eigenvalue weighted by Crippen LogP contribution is 2.27. The molecule has 0 aliphatic carbocycles. The van der Waals surface area contributed by atoms with Gasteiger partial charge in [0.25, 0.3) is 5.56 Å². The first kappa shape index (κ1) is 15.2. The number of aromatic nitrogens is 2. The van der Waals surface area contributed by atoms with Gasteiger partial charge in [0.15, 0.2) is 0 Å². The molecule has 3 aromatic rings. The molecule has 1 N–H and O–H groups in total. The van der Waals surface area contributed by atoms with Gasteiger partial charge in [-0.25, -0.2) is 9.59 Å².